The molecule has 4 nitrogen and oxygen atoms in total. The quantitative estimate of drug-likeness (QED) is 0.833. The van der Waals surface area contributed by atoms with Gasteiger partial charge in [0, 0.05) is 30.1 Å². The van der Waals surface area contributed by atoms with Gasteiger partial charge in [0.15, 0.2) is 6.23 Å². The van der Waals surface area contributed by atoms with Crippen LogP contribution in [0.5, 0.6) is 0 Å². The van der Waals surface area contributed by atoms with E-state index in [9.17, 15) is 0 Å². The Labute approximate surface area is 108 Å². The monoisotopic (exact) mass is 251 g/mol. The average Bonchev–Trinajstić information content (AvgIpc) is 2.79. The Hall–Kier alpha value is -1.00. The van der Waals surface area contributed by atoms with E-state index in [1.807, 2.05) is 6.92 Å². The van der Waals surface area contributed by atoms with E-state index >= 15 is 0 Å². The average molecular weight is 251 g/mol. The van der Waals surface area contributed by atoms with Crippen LogP contribution in [0.2, 0.25) is 0 Å². The Morgan fingerprint density at radius 3 is 3.06 bits per heavy atom. The number of nitrogens with one attached hydrogen (secondary N) is 1. The summed E-state index contributed by atoms with van der Waals surface area (Å²) in [4.78, 5) is 0. The molecule has 0 aromatic rings. The second-order valence-corrected chi connectivity index (χ2v) is 4.93. The molecule has 3 rings (SSSR count). The van der Waals surface area contributed by atoms with E-state index in [-0.39, 0.29) is 12.3 Å². The van der Waals surface area contributed by atoms with E-state index in [1.54, 1.807) is 7.11 Å². The van der Waals surface area contributed by atoms with E-state index in [2.05, 4.69) is 5.32 Å². The predicted molar refractivity (Wildman–Crippen MR) is 67.8 cm³/mol. The molecule has 1 fully saturated rings. The number of hydrogen-bond acceptors (Lipinski definition) is 4. The van der Waals surface area contributed by atoms with Gasteiger partial charge in [-0.25, -0.2) is 0 Å². The lowest BCUT2D eigenvalue weighted by atomic mass is 9.96. The molecule has 0 radical (unpaired) electrons. The van der Waals surface area contributed by atoms with Crippen LogP contribution >= 0.6 is 0 Å². The molecule has 1 aliphatic carbocycles. The standard InChI is InChI=1S/C14H21NO3/c1-3-17-11-7-6-9-12(11)15-14-10(13(9)16-2)5-4-8-18-14/h11,14-15H,3-8H2,1-2H3. The van der Waals surface area contributed by atoms with Crippen LogP contribution < -0.4 is 5.32 Å². The number of methoxy groups -OCH3 is 1. The van der Waals surface area contributed by atoms with Crippen LogP contribution in [0.3, 0.4) is 0 Å². The molecule has 1 N–H and O–H groups in total. The van der Waals surface area contributed by atoms with Crippen molar-refractivity contribution in [3.05, 3.63) is 22.6 Å². The van der Waals surface area contributed by atoms with Gasteiger partial charge in [0.25, 0.3) is 0 Å². The van der Waals surface area contributed by atoms with Gasteiger partial charge in [0.1, 0.15) is 5.76 Å². The van der Waals surface area contributed by atoms with Crippen molar-refractivity contribution in [2.75, 3.05) is 20.3 Å². The molecule has 2 aliphatic heterocycles. The third kappa shape index (κ3) is 1.84. The summed E-state index contributed by atoms with van der Waals surface area (Å²) >= 11 is 0. The van der Waals surface area contributed by atoms with Gasteiger partial charge >= 0.3 is 0 Å². The minimum Gasteiger partial charge on any atom is -0.496 e. The Morgan fingerprint density at radius 1 is 1.39 bits per heavy atom. The normalized spacial score (nSPS) is 31.0. The summed E-state index contributed by atoms with van der Waals surface area (Å²) in [5.41, 5.74) is 3.76. The summed E-state index contributed by atoms with van der Waals surface area (Å²) in [6, 6.07) is 0. The van der Waals surface area contributed by atoms with Crippen molar-refractivity contribution >= 4 is 0 Å². The summed E-state index contributed by atoms with van der Waals surface area (Å²) in [7, 11) is 1.76. The second-order valence-electron chi connectivity index (χ2n) is 4.93. The van der Waals surface area contributed by atoms with Gasteiger partial charge in [-0.2, -0.15) is 0 Å². The predicted octanol–water partition coefficient (Wildman–Crippen LogP) is 2.08. The number of fused-ring (bicyclic) bond motifs is 1. The molecule has 0 spiro atoms. The zero-order valence-corrected chi connectivity index (χ0v) is 11.1. The maximum absolute atomic E-state index is 5.81. The molecule has 100 valence electrons. The van der Waals surface area contributed by atoms with Crippen molar-refractivity contribution in [1.29, 1.82) is 0 Å². The molecule has 2 atom stereocenters. The van der Waals surface area contributed by atoms with Crippen LogP contribution in [-0.2, 0) is 14.2 Å². The second kappa shape index (κ2) is 4.94. The first-order valence-electron chi connectivity index (χ1n) is 6.85. The molecule has 18 heavy (non-hydrogen) atoms. The summed E-state index contributed by atoms with van der Waals surface area (Å²) in [6.45, 7) is 3.60. The molecule has 0 amide bonds. The molecular formula is C14H21NO3. The maximum Gasteiger partial charge on any atom is 0.153 e. The number of dihydropyridines is 1. The van der Waals surface area contributed by atoms with Crippen molar-refractivity contribution in [2.45, 2.75) is 44.9 Å². The van der Waals surface area contributed by atoms with Crippen molar-refractivity contribution in [3.8, 4) is 0 Å². The van der Waals surface area contributed by atoms with Crippen LogP contribution in [0.15, 0.2) is 22.6 Å². The fourth-order valence-electron chi connectivity index (χ4n) is 3.18. The van der Waals surface area contributed by atoms with Crippen molar-refractivity contribution in [2.24, 2.45) is 0 Å². The number of ether oxygens (including phenoxy) is 3. The summed E-state index contributed by atoms with van der Waals surface area (Å²) in [6.07, 6.45) is 4.40. The van der Waals surface area contributed by atoms with Crippen LogP contribution in [0.25, 0.3) is 0 Å². The van der Waals surface area contributed by atoms with E-state index in [4.69, 9.17) is 14.2 Å². The van der Waals surface area contributed by atoms with Crippen LogP contribution in [0, 0.1) is 0 Å². The van der Waals surface area contributed by atoms with Gasteiger partial charge in [0.05, 0.1) is 13.2 Å². The smallest absolute Gasteiger partial charge is 0.153 e. The lowest BCUT2D eigenvalue weighted by Crippen LogP contribution is -2.42. The lowest BCUT2D eigenvalue weighted by Gasteiger charge is -2.35. The molecule has 3 aliphatic rings. The first kappa shape index (κ1) is 12.1. The van der Waals surface area contributed by atoms with Crippen molar-refractivity contribution in [1.82, 2.24) is 5.32 Å². The topological polar surface area (TPSA) is 39.7 Å². The van der Waals surface area contributed by atoms with Crippen LogP contribution in [0.1, 0.15) is 32.6 Å². The highest BCUT2D eigenvalue weighted by atomic mass is 16.5. The molecule has 2 unspecified atom stereocenters. The van der Waals surface area contributed by atoms with Gasteiger partial charge in [-0.3, -0.25) is 0 Å². The Bertz CT molecular complexity index is 400. The number of hydrogen-bond donors (Lipinski definition) is 1. The highest BCUT2D eigenvalue weighted by Gasteiger charge is 2.38. The van der Waals surface area contributed by atoms with E-state index < -0.39 is 0 Å². The largest absolute Gasteiger partial charge is 0.496 e. The Balaban J connectivity index is 1.94. The van der Waals surface area contributed by atoms with Gasteiger partial charge in [-0.05, 0) is 32.6 Å². The Kier molecular flexibility index (Phi) is 3.31. The summed E-state index contributed by atoms with van der Waals surface area (Å²) in [5, 5.41) is 3.51. The third-order valence-corrected chi connectivity index (χ3v) is 3.92. The minimum atomic E-state index is -0.00601. The fraction of sp³-hybridized carbons (Fsp3) is 0.714. The van der Waals surface area contributed by atoms with Crippen LogP contribution in [-0.4, -0.2) is 32.7 Å². The van der Waals surface area contributed by atoms with Gasteiger partial charge in [0.2, 0.25) is 0 Å². The van der Waals surface area contributed by atoms with Crippen molar-refractivity contribution < 1.29 is 14.2 Å². The first-order chi connectivity index (χ1) is 8.85. The zero-order valence-electron chi connectivity index (χ0n) is 11.1. The molecule has 0 bridgehead atoms. The number of allylic oxidation sites excluding steroid dienone is 1. The number of rotatable bonds is 3. The SMILES string of the molecule is CCOC1CCC2=C1NC1OCCCC1=C2OC. The Morgan fingerprint density at radius 2 is 2.28 bits per heavy atom. The molecular weight excluding hydrogens is 230 g/mol. The fourth-order valence-corrected chi connectivity index (χ4v) is 3.18. The molecule has 0 aromatic heterocycles. The first-order valence-corrected chi connectivity index (χ1v) is 6.85. The maximum atomic E-state index is 5.81. The molecule has 1 saturated heterocycles. The zero-order chi connectivity index (χ0) is 12.5. The molecule has 2 heterocycles. The van der Waals surface area contributed by atoms with Gasteiger partial charge < -0.3 is 19.5 Å². The molecule has 0 saturated carbocycles. The van der Waals surface area contributed by atoms with E-state index in [0.29, 0.717) is 0 Å². The lowest BCUT2D eigenvalue weighted by molar-refractivity contribution is 0.0192. The third-order valence-electron chi connectivity index (χ3n) is 3.92. The van der Waals surface area contributed by atoms with E-state index in [0.717, 1.165) is 44.7 Å². The van der Waals surface area contributed by atoms with Gasteiger partial charge in [-0.15, -0.1) is 0 Å². The van der Waals surface area contributed by atoms with E-state index in [1.165, 1.54) is 16.8 Å². The molecule has 0 aromatic carbocycles. The molecule has 4 heteroatoms. The highest BCUT2D eigenvalue weighted by molar-refractivity contribution is 5.44. The summed E-state index contributed by atoms with van der Waals surface area (Å²) < 4.78 is 17.2. The van der Waals surface area contributed by atoms with Crippen molar-refractivity contribution in [3.63, 3.8) is 0 Å². The minimum absolute atomic E-state index is 0.00601. The van der Waals surface area contributed by atoms with Crippen LogP contribution in [0.4, 0.5) is 0 Å². The summed E-state index contributed by atoms with van der Waals surface area (Å²) in [5.74, 6) is 1.05. The van der Waals surface area contributed by atoms with Gasteiger partial charge in [-0.1, -0.05) is 0 Å². The highest BCUT2D eigenvalue weighted by Crippen LogP contribution is 2.40.